The predicted molar refractivity (Wildman–Crippen MR) is 59.9 cm³/mol. The van der Waals surface area contributed by atoms with Crippen LogP contribution in [-0.2, 0) is 5.41 Å². The number of rotatable bonds is 1. The topological polar surface area (TPSA) is 23.8 Å². The monoisotopic (exact) mass is 185 g/mol. The summed E-state index contributed by atoms with van der Waals surface area (Å²) >= 11 is 0. The molecule has 14 heavy (non-hydrogen) atoms. The second-order valence-electron chi connectivity index (χ2n) is 4.34. The van der Waals surface area contributed by atoms with E-state index < -0.39 is 0 Å². The Morgan fingerprint density at radius 2 is 2.00 bits per heavy atom. The Morgan fingerprint density at radius 3 is 2.43 bits per heavy atom. The third-order valence-electron chi connectivity index (χ3n) is 2.24. The highest BCUT2D eigenvalue weighted by atomic mass is 14.3. The minimum absolute atomic E-state index is 0.00405. The first-order valence-corrected chi connectivity index (χ1v) is 4.66. The van der Waals surface area contributed by atoms with Crippen LogP contribution in [0.25, 0.3) is 6.08 Å². The van der Waals surface area contributed by atoms with E-state index in [9.17, 15) is 0 Å². The largest absolute Gasteiger partial charge is 0.192 e. The van der Waals surface area contributed by atoms with Gasteiger partial charge in [-0.15, -0.1) is 0 Å². The number of hydrogen-bond acceptors (Lipinski definition) is 1. The van der Waals surface area contributed by atoms with Crippen molar-refractivity contribution in [2.75, 3.05) is 0 Å². The summed E-state index contributed by atoms with van der Waals surface area (Å²) in [6.45, 7) is 10.0. The third-order valence-corrected chi connectivity index (χ3v) is 2.24. The average molecular weight is 185 g/mol. The van der Waals surface area contributed by atoms with E-state index in [1.54, 1.807) is 6.08 Å². The van der Waals surface area contributed by atoms with Gasteiger partial charge in [0.25, 0.3) is 0 Å². The van der Waals surface area contributed by atoms with Gasteiger partial charge < -0.3 is 0 Å². The lowest BCUT2D eigenvalue weighted by Gasteiger charge is -2.21. The fourth-order valence-corrected chi connectivity index (χ4v) is 1.49. The molecular formula is C13H15N. The van der Waals surface area contributed by atoms with E-state index in [0.717, 1.165) is 16.7 Å². The van der Waals surface area contributed by atoms with Crippen LogP contribution in [-0.4, -0.2) is 0 Å². The van der Waals surface area contributed by atoms with Crippen LogP contribution in [0.2, 0.25) is 0 Å². The normalized spacial score (nSPS) is 10.7. The molecule has 0 heterocycles. The third kappa shape index (κ3) is 1.85. The number of nitrogens with zero attached hydrogens (tertiary/aromatic N) is 1. The van der Waals surface area contributed by atoms with Gasteiger partial charge in [-0.1, -0.05) is 51.6 Å². The van der Waals surface area contributed by atoms with Gasteiger partial charge in [-0.05, 0) is 16.5 Å². The number of hydrogen-bond donors (Lipinski definition) is 0. The lowest BCUT2D eigenvalue weighted by Crippen LogP contribution is -2.13. The number of benzene rings is 1. The maximum atomic E-state index is 9.10. The van der Waals surface area contributed by atoms with Crippen molar-refractivity contribution in [1.29, 1.82) is 5.26 Å². The van der Waals surface area contributed by atoms with Gasteiger partial charge in [-0.2, -0.15) is 5.26 Å². The fourth-order valence-electron chi connectivity index (χ4n) is 1.49. The molecule has 0 saturated heterocycles. The van der Waals surface area contributed by atoms with E-state index in [1.807, 2.05) is 18.2 Å². The summed E-state index contributed by atoms with van der Waals surface area (Å²) in [6, 6.07) is 8.14. The molecule has 0 spiro atoms. The molecule has 0 radical (unpaired) electrons. The predicted octanol–water partition coefficient (Wildman–Crippen LogP) is 3.50. The highest BCUT2D eigenvalue weighted by Gasteiger charge is 2.18. The zero-order valence-corrected chi connectivity index (χ0v) is 8.96. The number of nitriles is 1. The van der Waals surface area contributed by atoms with Crippen LogP contribution in [0.15, 0.2) is 24.8 Å². The fraction of sp³-hybridized carbons (Fsp3) is 0.308. The molecule has 1 aromatic rings. The Hall–Kier alpha value is -1.55. The maximum Gasteiger partial charge on any atom is 0.100 e. The Balaban J connectivity index is 3.47. The van der Waals surface area contributed by atoms with Crippen molar-refractivity contribution in [1.82, 2.24) is 0 Å². The van der Waals surface area contributed by atoms with Crippen molar-refractivity contribution in [2.45, 2.75) is 26.2 Å². The first-order valence-electron chi connectivity index (χ1n) is 4.66. The molecular weight excluding hydrogens is 170 g/mol. The highest BCUT2D eigenvalue weighted by Crippen LogP contribution is 2.27. The summed E-state index contributed by atoms with van der Waals surface area (Å²) in [5.41, 5.74) is 2.75. The van der Waals surface area contributed by atoms with Gasteiger partial charge in [0, 0.05) is 0 Å². The van der Waals surface area contributed by atoms with Crippen LogP contribution in [0, 0.1) is 11.3 Å². The quantitative estimate of drug-likeness (QED) is 0.657. The Labute approximate surface area is 85.7 Å². The van der Waals surface area contributed by atoms with Crippen molar-refractivity contribution < 1.29 is 0 Å². The zero-order valence-electron chi connectivity index (χ0n) is 8.96. The van der Waals surface area contributed by atoms with Crippen LogP contribution >= 0.6 is 0 Å². The molecule has 1 rings (SSSR count). The SMILES string of the molecule is C=Cc1cccc(C(C)(C)C)c1C#N. The second-order valence-corrected chi connectivity index (χ2v) is 4.34. The summed E-state index contributed by atoms with van der Waals surface area (Å²) in [4.78, 5) is 0. The first-order chi connectivity index (χ1) is 6.50. The van der Waals surface area contributed by atoms with Gasteiger partial charge in [-0.3, -0.25) is 0 Å². The second kappa shape index (κ2) is 3.67. The standard InChI is InChI=1S/C13H15N/c1-5-10-7-6-8-12(11(10)9-14)13(2,3)4/h5-8H,1H2,2-4H3. The van der Waals surface area contributed by atoms with Crippen LogP contribution in [0.4, 0.5) is 0 Å². The molecule has 0 fully saturated rings. The average Bonchev–Trinajstić information content (AvgIpc) is 2.15. The van der Waals surface area contributed by atoms with E-state index >= 15 is 0 Å². The summed E-state index contributed by atoms with van der Waals surface area (Å²) in [7, 11) is 0. The minimum atomic E-state index is 0.00405. The molecule has 0 aliphatic rings. The summed E-state index contributed by atoms with van der Waals surface area (Å²) in [5, 5.41) is 9.10. The zero-order chi connectivity index (χ0) is 10.8. The molecule has 0 unspecified atom stereocenters. The highest BCUT2D eigenvalue weighted by molar-refractivity contribution is 5.60. The van der Waals surface area contributed by atoms with E-state index in [0.29, 0.717) is 0 Å². The van der Waals surface area contributed by atoms with Crippen molar-refractivity contribution in [3.05, 3.63) is 41.5 Å². The van der Waals surface area contributed by atoms with E-state index in [4.69, 9.17) is 5.26 Å². The van der Waals surface area contributed by atoms with E-state index in [2.05, 4.69) is 33.4 Å². The molecule has 0 aromatic heterocycles. The molecule has 0 aliphatic heterocycles. The molecule has 0 amide bonds. The van der Waals surface area contributed by atoms with E-state index in [1.165, 1.54) is 0 Å². The summed E-state index contributed by atoms with van der Waals surface area (Å²) in [5.74, 6) is 0. The van der Waals surface area contributed by atoms with Crippen molar-refractivity contribution in [3.8, 4) is 6.07 Å². The lowest BCUT2D eigenvalue weighted by molar-refractivity contribution is 0.588. The van der Waals surface area contributed by atoms with Gasteiger partial charge in [0.2, 0.25) is 0 Å². The molecule has 1 nitrogen and oxygen atoms in total. The molecule has 0 aliphatic carbocycles. The molecule has 72 valence electrons. The van der Waals surface area contributed by atoms with Gasteiger partial charge in [-0.25, -0.2) is 0 Å². The van der Waals surface area contributed by atoms with Gasteiger partial charge in [0.05, 0.1) is 5.56 Å². The Kier molecular flexibility index (Phi) is 2.76. The van der Waals surface area contributed by atoms with Crippen molar-refractivity contribution in [2.24, 2.45) is 0 Å². The molecule has 0 saturated carbocycles. The van der Waals surface area contributed by atoms with Crippen molar-refractivity contribution >= 4 is 6.08 Å². The van der Waals surface area contributed by atoms with Gasteiger partial charge in [0.1, 0.15) is 6.07 Å². The van der Waals surface area contributed by atoms with Gasteiger partial charge >= 0.3 is 0 Å². The molecule has 1 heteroatoms. The lowest BCUT2D eigenvalue weighted by atomic mass is 9.82. The first kappa shape index (κ1) is 10.5. The summed E-state index contributed by atoms with van der Waals surface area (Å²) < 4.78 is 0. The van der Waals surface area contributed by atoms with Crippen LogP contribution < -0.4 is 0 Å². The minimum Gasteiger partial charge on any atom is -0.192 e. The smallest absolute Gasteiger partial charge is 0.100 e. The van der Waals surface area contributed by atoms with Crippen molar-refractivity contribution in [3.63, 3.8) is 0 Å². The van der Waals surface area contributed by atoms with Crippen LogP contribution in [0.3, 0.4) is 0 Å². The van der Waals surface area contributed by atoms with Crippen LogP contribution in [0.5, 0.6) is 0 Å². The maximum absolute atomic E-state index is 9.10. The summed E-state index contributed by atoms with van der Waals surface area (Å²) in [6.07, 6.45) is 1.73. The molecule has 0 N–H and O–H groups in total. The molecule has 1 aromatic carbocycles. The van der Waals surface area contributed by atoms with Gasteiger partial charge in [0.15, 0.2) is 0 Å². The van der Waals surface area contributed by atoms with E-state index in [-0.39, 0.29) is 5.41 Å². The Bertz CT molecular complexity index is 389. The Morgan fingerprint density at radius 1 is 1.36 bits per heavy atom. The molecule has 0 atom stereocenters. The van der Waals surface area contributed by atoms with Crippen LogP contribution in [0.1, 0.15) is 37.5 Å². The molecule has 0 bridgehead atoms.